The lowest BCUT2D eigenvalue weighted by atomic mass is 10.0. The Morgan fingerprint density at radius 2 is 1.91 bits per heavy atom. The Balaban J connectivity index is 1.12. The summed E-state index contributed by atoms with van der Waals surface area (Å²) in [6, 6.07) is 16.1. The molecule has 0 fully saturated rings. The van der Waals surface area contributed by atoms with Gasteiger partial charge in [0.2, 0.25) is 5.91 Å². The average molecular weight is 474 g/mol. The lowest BCUT2D eigenvalue weighted by Gasteiger charge is -2.07. The van der Waals surface area contributed by atoms with Crippen LogP contribution in [-0.2, 0) is 24.2 Å². The Morgan fingerprint density at radius 1 is 1.09 bits per heavy atom. The number of hydrogen-bond donors (Lipinski definition) is 2. The van der Waals surface area contributed by atoms with Gasteiger partial charge in [0.05, 0.1) is 30.5 Å². The van der Waals surface area contributed by atoms with Crippen LogP contribution in [0.25, 0.3) is 11.1 Å². The van der Waals surface area contributed by atoms with Gasteiger partial charge in [-0.3, -0.25) is 14.9 Å². The van der Waals surface area contributed by atoms with Crippen LogP contribution in [0, 0.1) is 6.92 Å². The van der Waals surface area contributed by atoms with Gasteiger partial charge in [0.1, 0.15) is 11.5 Å². The van der Waals surface area contributed by atoms with E-state index in [0.717, 1.165) is 35.5 Å². The predicted octanol–water partition coefficient (Wildman–Crippen LogP) is 4.76. The summed E-state index contributed by atoms with van der Waals surface area (Å²) in [5.41, 5.74) is 5.63. The van der Waals surface area contributed by atoms with E-state index in [1.54, 1.807) is 18.4 Å². The molecular weight excluding hydrogens is 450 g/mol. The SMILES string of the molecule is Cc1occc1C(=O)Nc1nc(CC(=O)NCc2ccc(-c3ccc4c(c3)CCO4)cc2)cs1. The van der Waals surface area contributed by atoms with E-state index in [9.17, 15) is 9.59 Å². The quantitative estimate of drug-likeness (QED) is 0.404. The zero-order valence-electron chi connectivity index (χ0n) is 18.6. The molecule has 0 atom stereocenters. The molecule has 0 saturated heterocycles. The second kappa shape index (κ2) is 9.52. The number of amides is 2. The van der Waals surface area contributed by atoms with E-state index in [-0.39, 0.29) is 18.2 Å². The first-order valence-corrected chi connectivity index (χ1v) is 11.8. The molecule has 2 aromatic heterocycles. The highest BCUT2D eigenvalue weighted by atomic mass is 32.1. The summed E-state index contributed by atoms with van der Waals surface area (Å²) in [7, 11) is 0. The van der Waals surface area contributed by atoms with E-state index in [0.29, 0.717) is 28.7 Å². The van der Waals surface area contributed by atoms with Crippen molar-refractivity contribution in [2.75, 3.05) is 11.9 Å². The van der Waals surface area contributed by atoms with Crippen LogP contribution in [0.15, 0.2) is 64.6 Å². The minimum atomic E-state index is -0.284. The first kappa shape index (κ1) is 21.9. The van der Waals surface area contributed by atoms with E-state index < -0.39 is 0 Å². The molecule has 0 aliphatic carbocycles. The second-order valence-electron chi connectivity index (χ2n) is 8.06. The third kappa shape index (κ3) is 4.87. The summed E-state index contributed by atoms with van der Waals surface area (Å²) in [5, 5.41) is 7.89. The zero-order chi connectivity index (χ0) is 23.5. The van der Waals surface area contributed by atoms with Gasteiger partial charge in [-0.05, 0) is 47.4 Å². The standard InChI is InChI=1S/C26H23N3O4S/c1-16-22(9-11-32-16)25(31)29-26-28-21(15-34-26)13-24(30)27-14-17-2-4-18(5-3-17)19-6-7-23-20(12-19)8-10-33-23/h2-7,9,11-12,15H,8,10,13-14H2,1H3,(H,27,30)(H,28,29,31). The van der Waals surface area contributed by atoms with Crippen molar-refractivity contribution in [3.8, 4) is 16.9 Å². The Bertz CT molecular complexity index is 1340. The number of thiazole rings is 1. The van der Waals surface area contributed by atoms with Crippen LogP contribution >= 0.6 is 11.3 Å². The molecule has 172 valence electrons. The number of fused-ring (bicyclic) bond motifs is 1. The maximum Gasteiger partial charge on any atom is 0.260 e. The van der Waals surface area contributed by atoms with E-state index in [1.165, 1.54) is 23.2 Å². The summed E-state index contributed by atoms with van der Waals surface area (Å²) in [6.45, 7) is 2.91. The third-order valence-electron chi connectivity index (χ3n) is 5.68. The lowest BCUT2D eigenvalue weighted by Crippen LogP contribution is -2.24. The van der Waals surface area contributed by atoms with Crippen molar-refractivity contribution < 1.29 is 18.7 Å². The molecule has 0 saturated carbocycles. The van der Waals surface area contributed by atoms with Crippen molar-refractivity contribution in [3.05, 3.63) is 88.3 Å². The minimum absolute atomic E-state index is 0.128. The van der Waals surface area contributed by atoms with E-state index in [1.807, 2.05) is 18.2 Å². The maximum absolute atomic E-state index is 12.4. The Kier molecular flexibility index (Phi) is 6.14. The Labute approximate surface area is 200 Å². The van der Waals surface area contributed by atoms with Gasteiger partial charge in [-0.2, -0.15) is 0 Å². The second-order valence-corrected chi connectivity index (χ2v) is 8.92. The fraction of sp³-hybridized carbons (Fsp3) is 0.192. The number of carbonyl (C=O) groups is 2. The van der Waals surface area contributed by atoms with Gasteiger partial charge >= 0.3 is 0 Å². The number of hydrogen-bond acceptors (Lipinski definition) is 6. The third-order valence-corrected chi connectivity index (χ3v) is 6.49. The molecule has 2 aromatic carbocycles. The Morgan fingerprint density at radius 3 is 2.71 bits per heavy atom. The number of anilines is 1. The molecule has 4 aromatic rings. The van der Waals surface area contributed by atoms with E-state index in [2.05, 4.69) is 39.9 Å². The highest BCUT2D eigenvalue weighted by molar-refractivity contribution is 7.14. The molecule has 1 aliphatic heterocycles. The predicted molar refractivity (Wildman–Crippen MR) is 130 cm³/mol. The van der Waals surface area contributed by atoms with Gasteiger partial charge in [-0.1, -0.05) is 30.3 Å². The maximum atomic E-state index is 12.4. The molecule has 1 aliphatic rings. The number of nitrogens with one attached hydrogen (secondary N) is 2. The molecule has 2 N–H and O–H groups in total. The van der Waals surface area contributed by atoms with Crippen molar-refractivity contribution in [2.24, 2.45) is 0 Å². The highest BCUT2D eigenvalue weighted by Gasteiger charge is 2.15. The Hall–Kier alpha value is -3.91. The van der Waals surface area contributed by atoms with Crippen LogP contribution in [0.3, 0.4) is 0 Å². The first-order chi connectivity index (χ1) is 16.5. The normalized spacial score (nSPS) is 12.1. The molecule has 0 bridgehead atoms. The van der Waals surface area contributed by atoms with Crippen molar-refractivity contribution >= 4 is 28.3 Å². The average Bonchev–Trinajstić information content (AvgIpc) is 3.59. The van der Waals surface area contributed by atoms with E-state index in [4.69, 9.17) is 9.15 Å². The minimum Gasteiger partial charge on any atom is -0.493 e. The molecule has 5 rings (SSSR count). The van der Waals surface area contributed by atoms with Crippen LogP contribution in [0.2, 0.25) is 0 Å². The lowest BCUT2D eigenvalue weighted by molar-refractivity contribution is -0.120. The van der Waals surface area contributed by atoms with Gasteiger partial charge in [0.25, 0.3) is 5.91 Å². The number of nitrogens with zero attached hydrogens (tertiary/aromatic N) is 1. The topological polar surface area (TPSA) is 93.5 Å². The van der Waals surface area contributed by atoms with Crippen molar-refractivity contribution in [1.82, 2.24) is 10.3 Å². The summed E-state index contributed by atoms with van der Waals surface area (Å²) in [6.07, 6.45) is 2.56. The summed E-state index contributed by atoms with van der Waals surface area (Å²) < 4.78 is 10.7. The van der Waals surface area contributed by atoms with Gasteiger partial charge in [-0.25, -0.2) is 4.98 Å². The number of ether oxygens (including phenoxy) is 1. The van der Waals surface area contributed by atoms with Gasteiger partial charge in [-0.15, -0.1) is 11.3 Å². The van der Waals surface area contributed by atoms with Crippen LogP contribution < -0.4 is 15.4 Å². The number of benzene rings is 2. The van der Waals surface area contributed by atoms with Crippen molar-refractivity contribution in [3.63, 3.8) is 0 Å². The van der Waals surface area contributed by atoms with Crippen molar-refractivity contribution in [1.29, 1.82) is 0 Å². The first-order valence-electron chi connectivity index (χ1n) is 11.0. The molecule has 8 heteroatoms. The van der Waals surface area contributed by atoms with E-state index >= 15 is 0 Å². The van der Waals surface area contributed by atoms with Gasteiger partial charge in [0.15, 0.2) is 5.13 Å². The number of furan rings is 1. The van der Waals surface area contributed by atoms with Crippen molar-refractivity contribution in [2.45, 2.75) is 26.3 Å². The summed E-state index contributed by atoms with van der Waals surface area (Å²) >= 11 is 1.28. The number of rotatable bonds is 7. The number of aryl methyl sites for hydroxylation is 1. The molecule has 0 radical (unpaired) electrons. The highest BCUT2D eigenvalue weighted by Crippen LogP contribution is 2.30. The molecular formula is C26H23N3O4S. The molecule has 2 amide bonds. The fourth-order valence-corrected chi connectivity index (χ4v) is 4.54. The fourth-order valence-electron chi connectivity index (χ4n) is 3.84. The summed E-state index contributed by atoms with van der Waals surface area (Å²) in [4.78, 5) is 29.0. The number of carbonyl (C=O) groups excluding carboxylic acids is 2. The molecule has 0 spiro atoms. The van der Waals surface area contributed by atoms with Gasteiger partial charge < -0.3 is 14.5 Å². The van der Waals surface area contributed by atoms with Gasteiger partial charge in [0, 0.05) is 18.3 Å². The zero-order valence-corrected chi connectivity index (χ0v) is 19.4. The molecule has 0 unspecified atom stereocenters. The van der Waals surface area contributed by atoms with Crippen LogP contribution in [-0.4, -0.2) is 23.4 Å². The molecule has 3 heterocycles. The molecule has 7 nitrogen and oxygen atoms in total. The largest absolute Gasteiger partial charge is 0.493 e. The van der Waals surface area contributed by atoms with Crippen LogP contribution in [0.4, 0.5) is 5.13 Å². The summed E-state index contributed by atoms with van der Waals surface area (Å²) in [5.74, 6) is 1.11. The smallest absolute Gasteiger partial charge is 0.260 e. The monoisotopic (exact) mass is 473 g/mol. The van der Waals surface area contributed by atoms with Crippen LogP contribution in [0.5, 0.6) is 5.75 Å². The van der Waals surface area contributed by atoms with Crippen LogP contribution in [0.1, 0.15) is 32.9 Å². The molecule has 34 heavy (non-hydrogen) atoms. The number of aromatic nitrogens is 1.